The molecular weight excluding hydrogens is 1230 g/mol. The summed E-state index contributed by atoms with van der Waals surface area (Å²) in [5.41, 5.74) is 0. The maximum Gasteiger partial charge on any atom is 0.472 e. The van der Waals surface area contributed by atoms with Gasteiger partial charge in [0.1, 0.15) is 19.3 Å². The molecule has 4 unspecified atom stereocenters. The predicted molar refractivity (Wildman–Crippen MR) is 381 cm³/mol. The Labute approximate surface area is 575 Å². The molecule has 558 valence electrons. The summed E-state index contributed by atoms with van der Waals surface area (Å²) in [5, 5.41) is 10.6. The molecule has 0 saturated carbocycles. The summed E-state index contributed by atoms with van der Waals surface area (Å²) in [6.45, 7) is 11.8. The van der Waals surface area contributed by atoms with Gasteiger partial charge in [-0.3, -0.25) is 37.3 Å². The molecule has 0 aliphatic heterocycles. The lowest BCUT2D eigenvalue weighted by molar-refractivity contribution is -0.161. The fraction of sp³-hybridized carbons (Fsp3) is 0.947. The van der Waals surface area contributed by atoms with Crippen LogP contribution in [0.3, 0.4) is 0 Å². The molecule has 0 saturated heterocycles. The van der Waals surface area contributed by atoms with Crippen molar-refractivity contribution in [3.63, 3.8) is 0 Å². The summed E-state index contributed by atoms with van der Waals surface area (Å²) in [4.78, 5) is 72.7. The molecule has 0 heterocycles. The van der Waals surface area contributed by atoms with E-state index in [0.717, 1.165) is 114 Å². The summed E-state index contributed by atoms with van der Waals surface area (Å²) in [7, 11) is -9.91. The van der Waals surface area contributed by atoms with Crippen molar-refractivity contribution < 1.29 is 80.2 Å². The van der Waals surface area contributed by atoms with Crippen LogP contribution in [0.4, 0.5) is 0 Å². The maximum absolute atomic E-state index is 13.1. The molecule has 0 spiro atoms. The van der Waals surface area contributed by atoms with Gasteiger partial charge >= 0.3 is 39.5 Å². The third-order valence-corrected chi connectivity index (χ3v) is 20.0. The number of hydrogen-bond donors (Lipinski definition) is 3. The summed E-state index contributed by atoms with van der Waals surface area (Å²) >= 11 is 0. The van der Waals surface area contributed by atoms with E-state index >= 15 is 0 Å². The average Bonchev–Trinajstić information content (AvgIpc) is 1.73. The van der Waals surface area contributed by atoms with E-state index < -0.39 is 97.5 Å². The molecular formula is C75H146O17P2. The van der Waals surface area contributed by atoms with Crippen LogP contribution < -0.4 is 0 Å². The van der Waals surface area contributed by atoms with Gasteiger partial charge in [0.2, 0.25) is 0 Å². The Hall–Kier alpha value is -1.94. The first-order chi connectivity index (χ1) is 45.3. The molecule has 19 heteroatoms. The van der Waals surface area contributed by atoms with Crippen LogP contribution in [0.15, 0.2) is 0 Å². The molecule has 0 bridgehead atoms. The van der Waals surface area contributed by atoms with E-state index in [2.05, 4.69) is 48.5 Å². The van der Waals surface area contributed by atoms with Gasteiger partial charge in [0.15, 0.2) is 12.2 Å². The first kappa shape index (κ1) is 92.1. The van der Waals surface area contributed by atoms with Crippen LogP contribution in [-0.2, 0) is 65.4 Å². The van der Waals surface area contributed by atoms with Crippen molar-refractivity contribution in [2.45, 2.75) is 401 Å². The molecule has 0 amide bonds. The second-order valence-electron chi connectivity index (χ2n) is 28.0. The smallest absolute Gasteiger partial charge is 0.462 e. The van der Waals surface area contributed by atoms with Crippen LogP contribution in [0.5, 0.6) is 0 Å². The Morgan fingerprint density at radius 1 is 0.309 bits per heavy atom. The number of ether oxygens (including phenoxy) is 4. The molecule has 3 N–H and O–H groups in total. The lowest BCUT2D eigenvalue weighted by Crippen LogP contribution is -2.30. The minimum Gasteiger partial charge on any atom is -0.462 e. The summed E-state index contributed by atoms with van der Waals surface area (Å²) in [6.07, 6.45) is 51.6. The van der Waals surface area contributed by atoms with Crippen molar-refractivity contribution in [1.29, 1.82) is 0 Å². The molecule has 17 nitrogen and oxygen atoms in total. The fourth-order valence-electron chi connectivity index (χ4n) is 11.4. The number of aliphatic hydroxyl groups is 1. The van der Waals surface area contributed by atoms with Gasteiger partial charge in [-0.25, -0.2) is 9.13 Å². The zero-order valence-corrected chi connectivity index (χ0v) is 63.2. The zero-order valence-electron chi connectivity index (χ0n) is 61.4. The van der Waals surface area contributed by atoms with Crippen molar-refractivity contribution in [2.75, 3.05) is 39.6 Å². The number of hydrogen-bond acceptors (Lipinski definition) is 15. The van der Waals surface area contributed by atoms with Crippen molar-refractivity contribution in [1.82, 2.24) is 0 Å². The van der Waals surface area contributed by atoms with Gasteiger partial charge in [0.05, 0.1) is 26.4 Å². The summed E-state index contributed by atoms with van der Waals surface area (Å²) in [6, 6.07) is 0. The molecule has 0 aromatic heterocycles. The Bertz CT molecular complexity index is 1840. The van der Waals surface area contributed by atoms with Gasteiger partial charge in [-0.05, 0) is 43.4 Å². The van der Waals surface area contributed by atoms with Crippen molar-refractivity contribution in [3.8, 4) is 0 Å². The monoisotopic (exact) mass is 1380 g/mol. The molecule has 94 heavy (non-hydrogen) atoms. The van der Waals surface area contributed by atoms with Gasteiger partial charge in [-0.2, -0.15) is 0 Å². The van der Waals surface area contributed by atoms with Gasteiger partial charge in [0, 0.05) is 25.7 Å². The number of esters is 4. The average molecular weight is 1380 g/mol. The van der Waals surface area contributed by atoms with Crippen molar-refractivity contribution in [2.24, 2.45) is 17.8 Å². The Morgan fingerprint density at radius 3 is 0.809 bits per heavy atom. The number of phosphoric ester groups is 2. The zero-order chi connectivity index (χ0) is 69.4. The third-order valence-electron chi connectivity index (χ3n) is 18.1. The predicted octanol–water partition coefficient (Wildman–Crippen LogP) is 21.8. The van der Waals surface area contributed by atoms with E-state index in [9.17, 15) is 43.2 Å². The third kappa shape index (κ3) is 66.0. The van der Waals surface area contributed by atoms with Crippen molar-refractivity contribution >= 4 is 39.5 Å². The second-order valence-corrected chi connectivity index (χ2v) is 30.9. The number of aliphatic hydroxyl groups excluding tert-OH is 1. The molecule has 0 radical (unpaired) electrons. The molecule has 7 atom stereocenters. The Morgan fingerprint density at radius 2 is 0.543 bits per heavy atom. The summed E-state index contributed by atoms with van der Waals surface area (Å²) in [5.74, 6) is 0.0974. The Balaban J connectivity index is 5.21. The number of carbonyl (C=O) groups excluding carboxylic acids is 4. The number of phosphoric acid groups is 2. The highest BCUT2D eigenvalue weighted by Gasteiger charge is 2.30. The molecule has 0 aromatic carbocycles. The van der Waals surface area contributed by atoms with E-state index in [1.54, 1.807) is 0 Å². The Kier molecular flexibility index (Phi) is 64.3. The molecule has 0 rings (SSSR count). The summed E-state index contributed by atoms with van der Waals surface area (Å²) < 4.78 is 68.4. The van der Waals surface area contributed by atoms with E-state index in [1.165, 1.54) is 186 Å². The molecule has 0 aliphatic rings. The first-order valence-electron chi connectivity index (χ1n) is 38.9. The first-order valence-corrected chi connectivity index (χ1v) is 41.9. The molecule has 0 fully saturated rings. The number of carbonyl (C=O) groups is 4. The standard InChI is InChI=1S/C75H146O17P2/c1-8-11-12-13-14-15-16-17-18-19-20-21-22-23-24-27-31-34-44-51-58-74(79)91-70(62-85-72(77)56-49-42-33-30-28-25-26-29-32-39-46-53-66(4)5)64-89-93(81,82)87-60-69(76)61-88-94(83,84)90-65-71(92-75(80)59-52-45-38-36-41-48-55-68(7)10-3)63-86-73(78)57-50-43-37-35-40-47-54-67(6)9-2/h66-71,76H,8-65H2,1-7H3,(H,81,82)(H,83,84)/t67?,68?,69-,70-,71-/m1/s1. The highest BCUT2D eigenvalue weighted by Crippen LogP contribution is 2.45. The lowest BCUT2D eigenvalue weighted by atomic mass is 10.00. The minimum absolute atomic E-state index is 0.102. The van der Waals surface area contributed by atoms with Gasteiger partial charge < -0.3 is 33.8 Å². The highest BCUT2D eigenvalue weighted by molar-refractivity contribution is 7.47. The fourth-order valence-corrected chi connectivity index (χ4v) is 12.9. The SMILES string of the molecule is CCCCCCCCCCCCCCCCCCCCCCC(=O)O[C@H](COC(=O)CCCCCCCCCCCCCC(C)C)COP(=O)(O)OC[C@@H](O)COP(=O)(O)OC[C@@H](COC(=O)CCCCCCCCC(C)CC)OC(=O)CCCCCCCCC(C)CC. The van der Waals surface area contributed by atoms with Crippen LogP contribution in [0.25, 0.3) is 0 Å². The minimum atomic E-state index is -4.96. The van der Waals surface area contributed by atoms with E-state index in [0.29, 0.717) is 25.7 Å². The maximum atomic E-state index is 13.1. The highest BCUT2D eigenvalue weighted by atomic mass is 31.2. The topological polar surface area (TPSA) is 237 Å². The largest absolute Gasteiger partial charge is 0.472 e. The van der Waals surface area contributed by atoms with Crippen LogP contribution in [0.2, 0.25) is 0 Å². The van der Waals surface area contributed by atoms with Crippen LogP contribution in [-0.4, -0.2) is 96.7 Å². The van der Waals surface area contributed by atoms with Gasteiger partial charge in [-0.15, -0.1) is 0 Å². The van der Waals surface area contributed by atoms with E-state index in [1.807, 2.05) is 0 Å². The van der Waals surface area contributed by atoms with E-state index in [4.69, 9.17) is 37.0 Å². The van der Waals surface area contributed by atoms with Gasteiger partial charge in [0.25, 0.3) is 0 Å². The quantitative estimate of drug-likeness (QED) is 0.0222. The van der Waals surface area contributed by atoms with Crippen LogP contribution in [0.1, 0.15) is 382 Å². The molecule has 0 aliphatic carbocycles. The molecule has 0 aromatic rings. The van der Waals surface area contributed by atoms with Crippen molar-refractivity contribution in [3.05, 3.63) is 0 Å². The normalized spacial score (nSPS) is 14.7. The van der Waals surface area contributed by atoms with Crippen LogP contribution in [0, 0.1) is 17.8 Å². The van der Waals surface area contributed by atoms with Crippen LogP contribution >= 0.6 is 15.6 Å². The van der Waals surface area contributed by atoms with E-state index in [-0.39, 0.29) is 25.7 Å². The number of rotatable bonds is 73. The van der Waals surface area contributed by atoms with Gasteiger partial charge in [-0.1, -0.05) is 331 Å². The second kappa shape index (κ2) is 65.7. The number of unbranched alkanes of at least 4 members (excludes halogenated alkanes) is 39. The lowest BCUT2D eigenvalue weighted by Gasteiger charge is -2.21.